The van der Waals surface area contributed by atoms with Crippen molar-refractivity contribution in [1.29, 1.82) is 0 Å². The number of nitrogens with one attached hydrogen (secondary N) is 2. The highest BCUT2D eigenvalue weighted by Crippen LogP contribution is 2.35. The van der Waals surface area contributed by atoms with Crippen LogP contribution in [0, 0.1) is 5.92 Å². The van der Waals surface area contributed by atoms with Gasteiger partial charge in [0.25, 0.3) is 0 Å². The van der Waals surface area contributed by atoms with Gasteiger partial charge in [0.05, 0.1) is 5.54 Å². The summed E-state index contributed by atoms with van der Waals surface area (Å²) in [7, 11) is 6.17. The molecule has 3 rings (SSSR count). The summed E-state index contributed by atoms with van der Waals surface area (Å²) < 4.78 is 0. The Kier molecular flexibility index (Phi) is 12.3. The number of benzene rings is 1. The van der Waals surface area contributed by atoms with Crippen LogP contribution in [-0.4, -0.2) is 37.6 Å². The highest BCUT2D eigenvalue weighted by molar-refractivity contribution is 5.73. The zero-order valence-corrected chi connectivity index (χ0v) is 24.8. The molecule has 0 spiro atoms. The van der Waals surface area contributed by atoms with E-state index in [-0.39, 0.29) is 6.97 Å². The first kappa shape index (κ1) is 30.5. The lowest BCUT2D eigenvalue weighted by molar-refractivity contribution is 0.373. The van der Waals surface area contributed by atoms with Gasteiger partial charge >= 0.3 is 0 Å². The minimum absolute atomic E-state index is 0. The van der Waals surface area contributed by atoms with Crippen molar-refractivity contribution in [3.63, 3.8) is 0 Å². The fourth-order valence-corrected chi connectivity index (χ4v) is 5.28. The molecule has 0 saturated heterocycles. The molecule has 0 amide bonds. The molecule has 0 radical (unpaired) electrons. The van der Waals surface area contributed by atoms with E-state index in [1.54, 1.807) is 0 Å². The van der Waals surface area contributed by atoms with E-state index in [0.29, 0.717) is 0 Å². The molecule has 1 atom stereocenters. The molecular weight excluding hydrogens is 452 g/mol. The minimum Gasteiger partial charge on any atom is -0.383 e. The summed E-state index contributed by atoms with van der Waals surface area (Å²) in [5, 5.41) is 6.07. The fraction of sp³-hybridized carbons (Fsp3) is 0.515. The predicted molar refractivity (Wildman–Crippen MR) is 165 cm³/mol. The average Bonchev–Trinajstić information content (AvgIpc) is 3.33. The minimum atomic E-state index is -0.261. The van der Waals surface area contributed by atoms with E-state index < -0.39 is 0 Å². The largest absolute Gasteiger partial charge is 0.383 e. The molecule has 1 aromatic rings. The maximum Gasteiger partial charge on any atom is 0.0782 e. The zero-order valence-electron chi connectivity index (χ0n) is 24.8. The fourth-order valence-electron chi connectivity index (χ4n) is 5.28. The number of rotatable bonds is 12. The third kappa shape index (κ3) is 8.39. The summed E-state index contributed by atoms with van der Waals surface area (Å²) in [4.78, 5) is 2.07. The summed E-state index contributed by atoms with van der Waals surface area (Å²) in [6.07, 6.45) is 18.5. The van der Waals surface area contributed by atoms with E-state index in [1.807, 2.05) is 34.0 Å². The topological polar surface area (TPSA) is 30.5 Å². The van der Waals surface area contributed by atoms with Gasteiger partial charge in [-0.25, -0.2) is 5.43 Å². The second-order valence-corrected chi connectivity index (χ2v) is 10.5. The second kappa shape index (κ2) is 14.9. The lowest BCUT2D eigenvalue weighted by Crippen LogP contribution is -2.40. The second-order valence-electron chi connectivity index (χ2n) is 10.5. The van der Waals surface area contributed by atoms with Gasteiger partial charge in [-0.1, -0.05) is 96.4 Å². The van der Waals surface area contributed by atoms with Crippen LogP contribution in [0.2, 0.25) is 0 Å². The van der Waals surface area contributed by atoms with Crippen molar-refractivity contribution in [3.05, 3.63) is 89.4 Å². The Labute approximate surface area is 229 Å². The summed E-state index contributed by atoms with van der Waals surface area (Å²) in [5.74, 6) is 0.797. The van der Waals surface area contributed by atoms with Crippen LogP contribution in [0.4, 0.5) is 0 Å². The third-order valence-corrected chi connectivity index (χ3v) is 7.14. The van der Waals surface area contributed by atoms with Crippen molar-refractivity contribution in [1.82, 2.24) is 20.7 Å². The van der Waals surface area contributed by atoms with Gasteiger partial charge < -0.3 is 15.2 Å². The van der Waals surface area contributed by atoms with Crippen LogP contribution in [-0.2, 0) is 5.54 Å². The van der Waals surface area contributed by atoms with Gasteiger partial charge in [0, 0.05) is 47.2 Å². The molecule has 2 N–H and O–H groups in total. The Morgan fingerprint density at radius 1 is 1.19 bits per heavy atom. The van der Waals surface area contributed by atoms with E-state index in [1.165, 1.54) is 60.1 Å². The molecule has 0 fully saturated rings. The van der Waals surface area contributed by atoms with E-state index >= 15 is 0 Å². The molecular formula is C33H54N4. The Morgan fingerprint density at radius 3 is 2.46 bits per heavy atom. The number of dihydropyridines is 1. The first-order chi connectivity index (χ1) is 17.8. The normalized spacial score (nSPS) is 19.4. The molecule has 1 aromatic carbocycles. The van der Waals surface area contributed by atoms with Crippen LogP contribution >= 0.6 is 0 Å². The molecule has 0 aromatic heterocycles. The number of hydrogen-bond donors (Lipinski definition) is 2. The van der Waals surface area contributed by atoms with Gasteiger partial charge in [-0.05, 0) is 59.6 Å². The monoisotopic (exact) mass is 506 g/mol. The van der Waals surface area contributed by atoms with Gasteiger partial charge in [-0.3, -0.25) is 0 Å². The SMILES string of the molecule is C=C/C(=C\N(C)C)c1cccc(C2(C)C=CC(C3=CN(C)NC3)=C(CCC(CCC)CCC)N2)c1.CC.[HH]. The molecule has 206 valence electrons. The van der Waals surface area contributed by atoms with E-state index in [2.05, 4.69) is 104 Å². The standard InChI is InChI=1S/C31H46N4.C2H6.H2/c1-8-12-24(13-9-2)16-17-30-29(27-21-32-35(7)23-27)18-19-31(4,33-30)28-15-11-14-26(20-28)25(10-3)22-34(5)6;1-2;/h10-11,14-15,18-20,22-24,32-33H,3,8-9,12-13,16-17,21H2,1-2,4-7H3;1-2H3;1H/b25-22+;;. The summed E-state index contributed by atoms with van der Waals surface area (Å²) in [6.45, 7) is 15.8. The van der Waals surface area contributed by atoms with Crippen molar-refractivity contribution >= 4 is 5.57 Å². The van der Waals surface area contributed by atoms with Crippen LogP contribution in [0.3, 0.4) is 0 Å². The molecule has 1 unspecified atom stereocenters. The van der Waals surface area contributed by atoms with Crippen LogP contribution < -0.4 is 10.7 Å². The van der Waals surface area contributed by atoms with Crippen molar-refractivity contribution in [2.75, 3.05) is 27.7 Å². The van der Waals surface area contributed by atoms with Gasteiger partial charge in [0.15, 0.2) is 0 Å². The van der Waals surface area contributed by atoms with Crippen LogP contribution in [0.1, 0.15) is 85.7 Å². The lowest BCUT2D eigenvalue weighted by Gasteiger charge is -2.36. The number of hydrogen-bond acceptors (Lipinski definition) is 4. The third-order valence-electron chi connectivity index (χ3n) is 7.14. The maximum absolute atomic E-state index is 4.04. The molecule has 2 aliphatic heterocycles. The van der Waals surface area contributed by atoms with Crippen LogP contribution in [0.15, 0.2) is 78.3 Å². The van der Waals surface area contributed by atoms with E-state index in [0.717, 1.165) is 24.5 Å². The molecule has 37 heavy (non-hydrogen) atoms. The van der Waals surface area contributed by atoms with Crippen molar-refractivity contribution in [2.24, 2.45) is 5.92 Å². The van der Waals surface area contributed by atoms with Crippen LogP contribution in [0.25, 0.3) is 5.57 Å². The summed E-state index contributed by atoms with van der Waals surface area (Å²) in [6, 6.07) is 8.87. The smallest absolute Gasteiger partial charge is 0.0782 e. The molecule has 0 saturated carbocycles. The molecule has 2 heterocycles. The highest BCUT2D eigenvalue weighted by atomic mass is 15.5. The number of allylic oxidation sites excluding steroid dienone is 4. The first-order valence-corrected chi connectivity index (χ1v) is 14.3. The Morgan fingerprint density at radius 2 is 1.89 bits per heavy atom. The van der Waals surface area contributed by atoms with Gasteiger partial charge in [-0.2, -0.15) is 0 Å². The van der Waals surface area contributed by atoms with Crippen molar-refractivity contribution in [2.45, 2.75) is 78.7 Å². The van der Waals surface area contributed by atoms with E-state index in [4.69, 9.17) is 0 Å². The van der Waals surface area contributed by atoms with E-state index in [9.17, 15) is 0 Å². The number of nitrogens with zero attached hydrogens (tertiary/aromatic N) is 2. The predicted octanol–water partition coefficient (Wildman–Crippen LogP) is 8.01. The van der Waals surface area contributed by atoms with Gasteiger partial charge in [0.2, 0.25) is 0 Å². The Bertz CT molecular complexity index is 998. The first-order valence-electron chi connectivity index (χ1n) is 14.3. The Hall–Kier alpha value is -2.72. The molecule has 4 heteroatoms. The molecule has 4 nitrogen and oxygen atoms in total. The average molecular weight is 507 g/mol. The van der Waals surface area contributed by atoms with Gasteiger partial charge in [-0.15, -0.1) is 0 Å². The quantitative estimate of drug-likeness (QED) is 0.281. The molecule has 0 bridgehead atoms. The highest BCUT2D eigenvalue weighted by Gasteiger charge is 2.30. The summed E-state index contributed by atoms with van der Waals surface area (Å²) >= 11 is 0. The number of hydrazine groups is 1. The zero-order chi connectivity index (χ0) is 27.4. The maximum atomic E-state index is 4.04. The summed E-state index contributed by atoms with van der Waals surface area (Å²) in [5.41, 5.74) is 10.8. The van der Waals surface area contributed by atoms with Crippen molar-refractivity contribution < 1.29 is 1.43 Å². The van der Waals surface area contributed by atoms with Crippen LogP contribution in [0.5, 0.6) is 0 Å². The van der Waals surface area contributed by atoms with Crippen molar-refractivity contribution in [3.8, 4) is 0 Å². The molecule has 0 aliphatic carbocycles. The molecule has 2 aliphatic rings. The van der Waals surface area contributed by atoms with Gasteiger partial charge in [0.1, 0.15) is 0 Å². The Balaban J connectivity index is 0.00000235. The lowest BCUT2D eigenvalue weighted by atomic mass is 9.83.